The number of hydrogen-bond acceptors (Lipinski definition) is 5. The van der Waals surface area contributed by atoms with Crippen LogP contribution in [-0.2, 0) is 13.6 Å². The molecule has 1 saturated heterocycles. The van der Waals surface area contributed by atoms with Crippen LogP contribution in [-0.4, -0.2) is 54.6 Å². The normalized spacial score (nSPS) is 14.0. The molecule has 9 heteroatoms. The summed E-state index contributed by atoms with van der Waals surface area (Å²) in [5, 5.41) is 15.1. The van der Waals surface area contributed by atoms with Gasteiger partial charge in [0.1, 0.15) is 0 Å². The van der Waals surface area contributed by atoms with Gasteiger partial charge < -0.3 is 10.2 Å². The van der Waals surface area contributed by atoms with Crippen LogP contribution in [0.1, 0.15) is 38.3 Å². The molecule has 1 aromatic carbocycles. The zero-order valence-corrected chi connectivity index (χ0v) is 15.7. The van der Waals surface area contributed by atoms with Crippen molar-refractivity contribution in [3.05, 3.63) is 65.2 Å². The molecule has 3 aromatic rings. The van der Waals surface area contributed by atoms with Gasteiger partial charge in [0.05, 0.1) is 12.2 Å². The van der Waals surface area contributed by atoms with Gasteiger partial charge in [0.2, 0.25) is 0 Å². The first-order valence-corrected chi connectivity index (χ1v) is 9.05. The van der Waals surface area contributed by atoms with Gasteiger partial charge in [0.15, 0.2) is 11.4 Å². The van der Waals surface area contributed by atoms with Crippen molar-refractivity contribution >= 4 is 11.8 Å². The summed E-state index contributed by atoms with van der Waals surface area (Å²) in [5.41, 5.74) is 2.66. The summed E-state index contributed by atoms with van der Waals surface area (Å²) in [7, 11) is 1.81. The Labute approximate surface area is 161 Å². The molecule has 2 aromatic heterocycles. The van der Waals surface area contributed by atoms with E-state index in [1.165, 1.54) is 0 Å². The minimum absolute atomic E-state index is 0.0110. The van der Waals surface area contributed by atoms with Crippen LogP contribution < -0.4 is 5.32 Å². The van der Waals surface area contributed by atoms with Crippen LogP contribution in [0.4, 0.5) is 0 Å². The molecule has 4 rings (SSSR count). The van der Waals surface area contributed by atoms with Crippen molar-refractivity contribution in [2.45, 2.75) is 19.5 Å². The van der Waals surface area contributed by atoms with Crippen LogP contribution in [0, 0.1) is 6.92 Å². The number of aromatic nitrogens is 5. The van der Waals surface area contributed by atoms with Gasteiger partial charge in [0, 0.05) is 32.4 Å². The van der Waals surface area contributed by atoms with E-state index in [0.29, 0.717) is 25.3 Å². The number of carbonyl (C=O) groups excluding carboxylic acids is 2. The quantitative estimate of drug-likeness (QED) is 0.712. The Kier molecular flexibility index (Phi) is 4.64. The molecular formula is C19H21N7O2. The lowest BCUT2D eigenvalue weighted by molar-refractivity contribution is 0.0491. The topological polar surface area (TPSA) is 97.9 Å². The van der Waals surface area contributed by atoms with Crippen LogP contribution in [0.25, 0.3) is 0 Å². The molecule has 0 radical (unpaired) electrons. The lowest BCUT2D eigenvalue weighted by Gasteiger charge is -2.38. The number of nitrogens with zero attached hydrogens (tertiary/aromatic N) is 6. The average molecular weight is 379 g/mol. The Morgan fingerprint density at radius 2 is 1.93 bits per heavy atom. The molecule has 1 aliphatic heterocycles. The highest BCUT2D eigenvalue weighted by atomic mass is 16.2. The summed E-state index contributed by atoms with van der Waals surface area (Å²) < 4.78 is 3.33. The molecule has 3 heterocycles. The van der Waals surface area contributed by atoms with E-state index in [1.54, 1.807) is 26.5 Å². The summed E-state index contributed by atoms with van der Waals surface area (Å²) in [4.78, 5) is 26.4. The van der Waals surface area contributed by atoms with Crippen molar-refractivity contribution in [3.8, 4) is 0 Å². The molecule has 9 nitrogen and oxygen atoms in total. The summed E-state index contributed by atoms with van der Waals surface area (Å²) in [6.07, 6.45) is 1.62. The average Bonchev–Trinajstić information content (AvgIpc) is 3.27. The third-order valence-electron chi connectivity index (χ3n) is 4.90. The highest BCUT2D eigenvalue weighted by Gasteiger charge is 2.34. The first kappa shape index (κ1) is 17.9. The predicted molar refractivity (Wildman–Crippen MR) is 101 cm³/mol. The molecule has 0 saturated carbocycles. The number of rotatable bonds is 5. The third kappa shape index (κ3) is 3.51. The van der Waals surface area contributed by atoms with E-state index in [-0.39, 0.29) is 23.6 Å². The van der Waals surface area contributed by atoms with E-state index in [4.69, 9.17) is 0 Å². The van der Waals surface area contributed by atoms with E-state index < -0.39 is 0 Å². The Balaban J connectivity index is 1.31. The maximum Gasteiger partial charge on any atom is 0.274 e. The van der Waals surface area contributed by atoms with Crippen molar-refractivity contribution < 1.29 is 9.59 Å². The number of carbonyl (C=O) groups is 2. The Morgan fingerprint density at radius 3 is 2.61 bits per heavy atom. The fraction of sp³-hybridized carbons (Fsp3) is 0.316. The van der Waals surface area contributed by atoms with Crippen molar-refractivity contribution in [2.75, 3.05) is 13.1 Å². The number of hydrogen-bond donors (Lipinski definition) is 1. The lowest BCUT2D eigenvalue weighted by atomic mass is 10.1. The summed E-state index contributed by atoms with van der Waals surface area (Å²) in [6.45, 7) is 3.37. The molecule has 0 spiro atoms. The Bertz CT molecular complexity index is 983. The molecule has 0 bridgehead atoms. The van der Waals surface area contributed by atoms with Gasteiger partial charge in [-0.3, -0.25) is 14.3 Å². The SMILES string of the molecule is Cc1cc(C(=O)N2CC(n3cc(C(=O)NCc4ccccc4)nn3)C2)nn1C. The minimum Gasteiger partial charge on any atom is -0.347 e. The van der Waals surface area contributed by atoms with E-state index in [0.717, 1.165) is 11.3 Å². The monoisotopic (exact) mass is 379 g/mol. The van der Waals surface area contributed by atoms with Gasteiger partial charge in [0.25, 0.3) is 11.8 Å². The number of likely N-dealkylation sites (tertiary alicyclic amines) is 1. The highest BCUT2D eigenvalue weighted by Crippen LogP contribution is 2.22. The van der Waals surface area contributed by atoms with Gasteiger partial charge in [-0.2, -0.15) is 5.10 Å². The van der Waals surface area contributed by atoms with Gasteiger partial charge in [-0.15, -0.1) is 5.10 Å². The second-order valence-corrected chi connectivity index (χ2v) is 6.91. The van der Waals surface area contributed by atoms with Gasteiger partial charge in [-0.1, -0.05) is 35.5 Å². The maximum absolute atomic E-state index is 12.4. The van der Waals surface area contributed by atoms with E-state index in [9.17, 15) is 9.59 Å². The van der Waals surface area contributed by atoms with Crippen LogP contribution >= 0.6 is 0 Å². The standard InChI is InChI=1S/C19H21N7O2/c1-13-8-16(22-24(13)2)19(28)25-10-15(11-25)26-12-17(21-23-26)18(27)20-9-14-6-4-3-5-7-14/h3-8,12,15H,9-11H2,1-2H3,(H,20,27). The molecule has 1 aliphatic rings. The van der Waals surface area contributed by atoms with E-state index >= 15 is 0 Å². The number of aryl methyl sites for hydroxylation is 2. The molecule has 0 aliphatic carbocycles. The van der Waals surface area contributed by atoms with Gasteiger partial charge >= 0.3 is 0 Å². The predicted octanol–water partition coefficient (Wildman–Crippen LogP) is 0.947. The van der Waals surface area contributed by atoms with Crippen molar-refractivity contribution in [3.63, 3.8) is 0 Å². The molecular weight excluding hydrogens is 358 g/mol. The van der Waals surface area contributed by atoms with E-state index in [2.05, 4.69) is 20.7 Å². The molecule has 2 amide bonds. The van der Waals surface area contributed by atoms with Crippen LogP contribution in [0.2, 0.25) is 0 Å². The Morgan fingerprint density at radius 1 is 1.18 bits per heavy atom. The molecule has 28 heavy (non-hydrogen) atoms. The summed E-state index contributed by atoms with van der Waals surface area (Å²) in [6, 6.07) is 11.5. The fourth-order valence-electron chi connectivity index (χ4n) is 3.04. The first-order chi connectivity index (χ1) is 13.5. The third-order valence-corrected chi connectivity index (χ3v) is 4.90. The largest absolute Gasteiger partial charge is 0.347 e. The van der Waals surface area contributed by atoms with Crippen LogP contribution in [0.3, 0.4) is 0 Å². The van der Waals surface area contributed by atoms with Crippen molar-refractivity contribution in [2.24, 2.45) is 7.05 Å². The zero-order chi connectivity index (χ0) is 19.7. The smallest absolute Gasteiger partial charge is 0.274 e. The second kappa shape index (κ2) is 7.26. The van der Waals surface area contributed by atoms with Crippen molar-refractivity contribution in [1.82, 2.24) is 35.0 Å². The molecule has 0 atom stereocenters. The molecule has 1 fully saturated rings. The maximum atomic E-state index is 12.4. The second-order valence-electron chi connectivity index (χ2n) is 6.91. The first-order valence-electron chi connectivity index (χ1n) is 9.05. The van der Waals surface area contributed by atoms with Gasteiger partial charge in [-0.25, -0.2) is 4.68 Å². The van der Waals surface area contributed by atoms with Crippen LogP contribution in [0.5, 0.6) is 0 Å². The number of benzene rings is 1. The summed E-state index contributed by atoms with van der Waals surface area (Å²) in [5.74, 6) is -0.368. The fourth-order valence-corrected chi connectivity index (χ4v) is 3.04. The Hall–Kier alpha value is -3.49. The molecule has 144 valence electrons. The minimum atomic E-state index is -0.272. The molecule has 0 unspecified atom stereocenters. The highest BCUT2D eigenvalue weighted by molar-refractivity contribution is 5.93. The number of amides is 2. The zero-order valence-electron chi connectivity index (χ0n) is 15.7. The molecule has 1 N–H and O–H groups in total. The lowest BCUT2D eigenvalue weighted by Crippen LogP contribution is -2.51. The van der Waals surface area contributed by atoms with Gasteiger partial charge in [-0.05, 0) is 18.6 Å². The van der Waals surface area contributed by atoms with Crippen molar-refractivity contribution in [1.29, 1.82) is 0 Å². The van der Waals surface area contributed by atoms with E-state index in [1.807, 2.05) is 44.3 Å². The summed E-state index contributed by atoms with van der Waals surface area (Å²) >= 11 is 0. The van der Waals surface area contributed by atoms with Crippen LogP contribution in [0.15, 0.2) is 42.6 Å². The number of nitrogens with one attached hydrogen (secondary N) is 1.